The molecule has 0 saturated carbocycles. The van der Waals surface area contributed by atoms with Gasteiger partial charge in [-0.2, -0.15) is 0 Å². The third-order valence-corrected chi connectivity index (χ3v) is 8.15. The molecule has 0 saturated heterocycles. The van der Waals surface area contributed by atoms with Crippen molar-refractivity contribution in [3.8, 4) is 11.5 Å². The van der Waals surface area contributed by atoms with E-state index < -0.39 is 34.6 Å². The molecule has 6 rings (SSSR count). The molecule has 4 aromatic carbocycles. The number of aliphatic hydroxyl groups is 2. The van der Waals surface area contributed by atoms with E-state index >= 15 is 0 Å². The van der Waals surface area contributed by atoms with E-state index in [1.165, 1.54) is 12.1 Å². The number of carbonyl (C=O) groups excluding carboxylic acids is 4. The lowest BCUT2D eigenvalue weighted by molar-refractivity contribution is -0.130. The van der Waals surface area contributed by atoms with Gasteiger partial charge >= 0.3 is 0 Å². The van der Waals surface area contributed by atoms with E-state index in [0.29, 0.717) is 60.1 Å². The van der Waals surface area contributed by atoms with Crippen LogP contribution in [0, 0.1) is 0 Å². The zero-order valence-electron chi connectivity index (χ0n) is 24.8. The molecule has 2 aliphatic heterocycles. The predicted octanol–water partition coefficient (Wildman–Crippen LogP) is 4.14. The summed E-state index contributed by atoms with van der Waals surface area (Å²) in [6.07, 6.45) is 0.919. The first-order chi connectivity index (χ1) is 22.2. The van der Waals surface area contributed by atoms with E-state index in [1.807, 2.05) is 12.1 Å². The van der Waals surface area contributed by atoms with Crippen molar-refractivity contribution in [2.24, 2.45) is 0 Å². The van der Waals surface area contributed by atoms with Gasteiger partial charge in [-0.3, -0.25) is 19.2 Å². The molecule has 4 aromatic rings. The first-order valence-electron chi connectivity index (χ1n) is 15.0. The Bertz CT molecular complexity index is 1680. The highest BCUT2D eigenvalue weighted by Gasteiger charge is 2.49. The molecule has 2 atom stereocenters. The monoisotopic (exact) mass is 620 g/mol. The van der Waals surface area contributed by atoms with Gasteiger partial charge in [0.1, 0.15) is 11.5 Å². The van der Waals surface area contributed by atoms with Crippen LogP contribution >= 0.6 is 0 Å². The van der Waals surface area contributed by atoms with Crippen LogP contribution in [0.5, 0.6) is 11.5 Å². The van der Waals surface area contributed by atoms with E-state index in [-0.39, 0.29) is 24.0 Å². The van der Waals surface area contributed by atoms with Gasteiger partial charge in [0.15, 0.2) is 0 Å². The van der Waals surface area contributed by atoms with Gasteiger partial charge in [-0.05, 0) is 60.4 Å². The summed E-state index contributed by atoms with van der Waals surface area (Å²) in [5.41, 5.74) is -2.16. The summed E-state index contributed by atoms with van der Waals surface area (Å²) in [6, 6.07) is 27.2. The molecule has 0 fully saturated rings. The van der Waals surface area contributed by atoms with Crippen LogP contribution in [0.15, 0.2) is 97.1 Å². The molecule has 10 nitrogen and oxygen atoms in total. The van der Waals surface area contributed by atoms with Crippen LogP contribution in [0.2, 0.25) is 0 Å². The number of unbranched alkanes of at least 4 members (excludes halogenated alkanes) is 1. The standard InChI is InChI=1S/C36H32N2O8/c39-31-27-19-25(13-15-29(27)37-33(41)35(31,43)21-23-9-3-1-4-10-23)45-17-7-8-18-46-26-14-16-30-28(20-26)32(40)36(44,34(42)38-30)22-24-11-5-2-6-12-24/h1-6,9-16,19-20,43-44H,7-8,17-18,21-22H2,(H,37,41)(H,38,42). The van der Waals surface area contributed by atoms with Gasteiger partial charge in [-0.25, -0.2) is 0 Å². The predicted molar refractivity (Wildman–Crippen MR) is 169 cm³/mol. The average molecular weight is 621 g/mol. The van der Waals surface area contributed by atoms with Crippen LogP contribution in [0.25, 0.3) is 0 Å². The minimum absolute atomic E-state index is 0.148. The highest BCUT2D eigenvalue weighted by molar-refractivity contribution is 6.27. The number of Topliss-reactive ketones (excluding diaryl/α,β-unsaturated/α-hetero) is 2. The molecule has 2 aliphatic rings. The van der Waals surface area contributed by atoms with Gasteiger partial charge in [0.2, 0.25) is 22.8 Å². The molecule has 0 spiro atoms. The molecule has 0 bridgehead atoms. The topological polar surface area (TPSA) is 151 Å². The maximum Gasteiger partial charge on any atom is 0.264 e. The Morgan fingerprint density at radius 2 is 0.935 bits per heavy atom. The van der Waals surface area contributed by atoms with E-state index in [4.69, 9.17) is 9.47 Å². The summed E-state index contributed by atoms with van der Waals surface area (Å²) in [7, 11) is 0. The van der Waals surface area contributed by atoms with Gasteiger partial charge < -0.3 is 30.3 Å². The van der Waals surface area contributed by atoms with Gasteiger partial charge in [0, 0.05) is 24.0 Å². The van der Waals surface area contributed by atoms with Crippen molar-refractivity contribution in [1.29, 1.82) is 0 Å². The van der Waals surface area contributed by atoms with Crippen LogP contribution in [0.1, 0.15) is 44.7 Å². The lowest BCUT2D eigenvalue weighted by Crippen LogP contribution is -2.54. The molecule has 4 N–H and O–H groups in total. The normalized spacial score (nSPS) is 20.3. The Morgan fingerprint density at radius 1 is 0.543 bits per heavy atom. The second-order valence-corrected chi connectivity index (χ2v) is 11.4. The Hall–Kier alpha value is -5.32. The quantitative estimate of drug-likeness (QED) is 0.144. The second kappa shape index (κ2) is 12.6. The number of hydrogen-bond acceptors (Lipinski definition) is 8. The zero-order chi connectivity index (χ0) is 32.3. The Kier molecular flexibility index (Phi) is 8.40. The Balaban J connectivity index is 1.02. The molecule has 2 heterocycles. The summed E-state index contributed by atoms with van der Waals surface area (Å²) in [5, 5.41) is 27.4. The van der Waals surface area contributed by atoms with E-state index in [9.17, 15) is 29.4 Å². The number of ketones is 2. The molecule has 234 valence electrons. The lowest BCUT2D eigenvalue weighted by atomic mass is 9.82. The Morgan fingerprint density at radius 3 is 1.33 bits per heavy atom. The first kappa shape index (κ1) is 30.7. The van der Waals surface area contributed by atoms with Crippen molar-refractivity contribution in [3.05, 3.63) is 119 Å². The minimum atomic E-state index is -2.22. The number of amides is 2. The number of carbonyl (C=O) groups is 4. The summed E-state index contributed by atoms with van der Waals surface area (Å²) in [4.78, 5) is 51.9. The van der Waals surface area contributed by atoms with E-state index in [0.717, 1.165) is 0 Å². The van der Waals surface area contributed by atoms with Gasteiger partial charge in [-0.1, -0.05) is 60.7 Å². The molecule has 10 heteroatoms. The number of benzene rings is 4. The van der Waals surface area contributed by atoms with E-state index in [1.54, 1.807) is 72.8 Å². The summed E-state index contributed by atoms with van der Waals surface area (Å²) >= 11 is 0. The number of nitrogens with one attached hydrogen (secondary N) is 2. The number of hydrogen-bond donors (Lipinski definition) is 4. The smallest absolute Gasteiger partial charge is 0.264 e. The fourth-order valence-corrected chi connectivity index (χ4v) is 5.61. The Labute approximate surface area is 265 Å². The fourth-order valence-electron chi connectivity index (χ4n) is 5.61. The maximum absolute atomic E-state index is 13.3. The third-order valence-electron chi connectivity index (χ3n) is 8.15. The number of anilines is 2. The molecule has 0 radical (unpaired) electrons. The number of ether oxygens (including phenoxy) is 2. The molecule has 2 amide bonds. The fraction of sp³-hybridized carbons (Fsp3) is 0.222. The highest BCUT2D eigenvalue weighted by atomic mass is 16.5. The molecule has 2 unspecified atom stereocenters. The van der Waals surface area contributed by atoms with Crippen molar-refractivity contribution >= 4 is 34.8 Å². The van der Waals surface area contributed by atoms with Crippen LogP contribution in [0.3, 0.4) is 0 Å². The molecule has 46 heavy (non-hydrogen) atoms. The molecule has 0 aromatic heterocycles. The molecule has 0 aliphatic carbocycles. The van der Waals surface area contributed by atoms with Crippen LogP contribution in [-0.2, 0) is 22.4 Å². The van der Waals surface area contributed by atoms with Gasteiger partial charge in [-0.15, -0.1) is 0 Å². The maximum atomic E-state index is 13.3. The summed E-state index contributed by atoms with van der Waals surface area (Å²) < 4.78 is 11.7. The summed E-state index contributed by atoms with van der Waals surface area (Å²) in [6.45, 7) is 0.635. The number of rotatable bonds is 11. The molecular weight excluding hydrogens is 588 g/mol. The highest BCUT2D eigenvalue weighted by Crippen LogP contribution is 2.34. The summed E-state index contributed by atoms with van der Waals surface area (Å²) in [5.74, 6) is -2.06. The van der Waals surface area contributed by atoms with Crippen molar-refractivity contribution in [3.63, 3.8) is 0 Å². The minimum Gasteiger partial charge on any atom is -0.494 e. The van der Waals surface area contributed by atoms with Gasteiger partial charge in [0.25, 0.3) is 11.8 Å². The second-order valence-electron chi connectivity index (χ2n) is 11.4. The van der Waals surface area contributed by atoms with Crippen LogP contribution in [-0.4, -0.2) is 58.0 Å². The van der Waals surface area contributed by atoms with Crippen molar-refractivity contribution in [2.45, 2.75) is 36.9 Å². The molecular formula is C36H32N2O8. The first-order valence-corrected chi connectivity index (χ1v) is 15.0. The largest absolute Gasteiger partial charge is 0.494 e. The van der Waals surface area contributed by atoms with Crippen LogP contribution < -0.4 is 20.1 Å². The third kappa shape index (κ3) is 6.00. The van der Waals surface area contributed by atoms with Crippen molar-refractivity contribution < 1.29 is 38.9 Å². The number of fused-ring (bicyclic) bond motifs is 2. The average Bonchev–Trinajstić information content (AvgIpc) is 3.06. The van der Waals surface area contributed by atoms with E-state index in [2.05, 4.69) is 10.6 Å². The van der Waals surface area contributed by atoms with Crippen LogP contribution in [0.4, 0.5) is 11.4 Å². The van der Waals surface area contributed by atoms with Gasteiger partial charge in [0.05, 0.1) is 24.6 Å². The van der Waals surface area contributed by atoms with Crippen molar-refractivity contribution in [1.82, 2.24) is 0 Å². The lowest BCUT2D eigenvalue weighted by Gasteiger charge is -2.31. The zero-order valence-corrected chi connectivity index (χ0v) is 24.8. The SMILES string of the molecule is O=C1Nc2ccc(OCCCCOc3ccc4c(c3)C(=O)C(O)(Cc3ccccc3)C(=O)N4)cc2C(=O)C1(O)Cc1ccccc1. The van der Waals surface area contributed by atoms with Crippen molar-refractivity contribution in [2.75, 3.05) is 23.8 Å².